The molecule has 92 valence electrons. The number of carbonyl (C=O) groups is 1. The molecule has 0 fully saturated rings. The number of thiophene rings is 1. The lowest BCUT2D eigenvalue weighted by atomic mass is 10.2. The van der Waals surface area contributed by atoms with E-state index in [0.29, 0.717) is 15.0 Å². The lowest BCUT2D eigenvalue weighted by molar-refractivity contribution is -0.384. The van der Waals surface area contributed by atoms with Crippen LogP contribution in [0.2, 0.25) is 0 Å². The average molecular weight is 327 g/mol. The lowest BCUT2D eigenvalue weighted by Gasteiger charge is -2.05. The smallest absolute Gasteiger partial charge is 0.271 e. The fourth-order valence-electron chi connectivity index (χ4n) is 1.31. The molecule has 0 aliphatic rings. The van der Waals surface area contributed by atoms with Crippen LogP contribution in [0.3, 0.4) is 0 Å². The van der Waals surface area contributed by atoms with E-state index in [1.54, 1.807) is 17.5 Å². The molecule has 5 nitrogen and oxygen atoms in total. The topological polar surface area (TPSA) is 72.2 Å². The van der Waals surface area contributed by atoms with Crippen LogP contribution < -0.4 is 5.32 Å². The molecule has 0 spiro atoms. The number of non-ortho nitro benzene ring substituents is 1. The Labute approximate surface area is 115 Å². The Balaban J connectivity index is 2.26. The highest BCUT2D eigenvalue weighted by atomic mass is 79.9. The third-order valence-electron chi connectivity index (χ3n) is 2.15. The number of nitrogens with zero attached hydrogens (tertiary/aromatic N) is 1. The third kappa shape index (κ3) is 2.74. The van der Waals surface area contributed by atoms with Gasteiger partial charge in [-0.25, -0.2) is 0 Å². The first-order valence-corrected chi connectivity index (χ1v) is 6.54. The van der Waals surface area contributed by atoms with E-state index in [1.807, 2.05) is 0 Å². The Morgan fingerprint density at radius 1 is 1.39 bits per heavy atom. The van der Waals surface area contributed by atoms with Gasteiger partial charge in [-0.1, -0.05) is 6.07 Å². The minimum Gasteiger partial charge on any atom is -0.320 e. The zero-order chi connectivity index (χ0) is 13.1. The van der Waals surface area contributed by atoms with Gasteiger partial charge in [0.1, 0.15) is 0 Å². The molecule has 0 saturated carbocycles. The number of carbonyl (C=O) groups excluding carboxylic acids is 1. The normalized spacial score (nSPS) is 10.1. The molecule has 2 aromatic rings. The van der Waals surface area contributed by atoms with Gasteiger partial charge in [0.2, 0.25) is 0 Å². The average Bonchev–Trinajstić information content (AvgIpc) is 2.85. The summed E-state index contributed by atoms with van der Waals surface area (Å²) >= 11 is 4.54. The van der Waals surface area contributed by atoms with Crippen LogP contribution in [0.15, 0.2) is 40.2 Å². The van der Waals surface area contributed by atoms with Crippen LogP contribution in [0.25, 0.3) is 0 Å². The molecule has 0 atom stereocenters. The number of hydrogen-bond acceptors (Lipinski definition) is 4. The van der Waals surface area contributed by atoms with Crippen molar-refractivity contribution < 1.29 is 9.72 Å². The Morgan fingerprint density at radius 2 is 2.17 bits per heavy atom. The number of amides is 1. The molecule has 0 bridgehead atoms. The Morgan fingerprint density at radius 3 is 2.78 bits per heavy atom. The first-order chi connectivity index (χ1) is 8.58. The van der Waals surface area contributed by atoms with Gasteiger partial charge in [-0.15, -0.1) is 11.3 Å². The predicted molar refractivity (Wildman–Crippen MR) is 73.1 cm³/mol. The van der Waals surface area contributed by atoms with Crippen molar-refractivity contribution in [2.24, 2.45) is 0 Å². The van der Waals surface area contributed by atoms with Gasteiger partial charge in [-0.05, 0) is 33.4 Å². The predicted octanol–water partition coefficient (Wildman–Crippen LogP) is 3.67. The number of nitro benzene ring substituents is 1. The van der Waals surface area contributed by atoms with Crippen molar-refractivity contribution in [3.63, 3.8) is 0 Å². The Hall–Kier alpha value is -1.73. The van der Waals surface area contributed by atoms with Gasteiger partial charge in [0.05, 0.1) is 15.5 Å². The van der Waals surface area contributed by atoms with E-state index < -0.39 is 4.92 Å². The molecule has 0 aliphatic carbocycles. The molecule has 1 N–H and O–H groups in total. The first-order valence-electron chi connectivity index (χ1n) is 4.87. The van der Waals surface area contributed by atoms with Gasteiger partial charge >= 0.3 is 0 Å². The number of halogens is 1. The zero-order valence-corrected chi connectivity index (χ0v) is 11.3. The second kappa shape index (κ2) is 5.28. The van der Waals surface area contributed by atoms with Crippen LogP contribution in [0.4, 0.5) is 11.4 Å². The summed E-state index contributed by atoms with van der Waals surface area (Å²) in [4.78, 5) is 22.5. The number of nitro groups is 1. The maximum absolute atomic E-state index is 11.8. The molecular formula is C11H7BrN2O3S. The fourth-order valence-corrected chi connectivity index (χ4v) is 2.28. The second-order valence-corrected chi connectivity index (χ2v) is 5.15. The number of benzene rings is 1. The van der Waals surface area contributed by atoms with Crippen LogP contribution >= 0.6 is 27.3 Å². The monoisotopic (exact) mass is 326 g/mol. The summed E-state index contributed by atoms with van der Waals surface area (Å²) in [6, 6.07) is 7.66. The first kappa shape index (κ1) is 12.7. The molecule has 0 unspecified atom stereocenters. The molecule has 0 saturated heterocycles. The van der Waals surface area contributed by atoms with E-state index >= 15 is 0 Å². The van der Waals surface area contributed by atoms with Gasteiger partial charge in [-0.2, -0.15) is 0 Å². The van der Waals surface area contributed by atoms with Gasteiger partial charge in [-0.3, -0.25) is 14.9 Å². The maximum atomic E-state index is 11.8. The van der Waals surface area contributed by atoms with Crippen molar-refractivity contribution in [2.45, 2.75) is 0 Å². The van der Waals surface area contributed by atoms with Gasteiger partial charge < -0.3 is 5.32 Å². The molecule has 1 aromatic carbocycles. The largest absolute Gasteiger partial charge is 0.320 e. The Bertz CT molecular complexity index is 598. The molecule has 0 aliphatic heterocycles. The van der Waals surface area contributed by atoms with Crippen molar-refractivity contribution in [1.29, 1.82) is 0 Å². The van der Waals surface area contributed by atoms with E-state index in [1.165, 1.54) is 29.5 Å². The van der Waals surface area contributed by atoms with Crippen LogP contribution in [0.1, 0.15) is 9.67 Å². The third-order valence-corrected chi connectivity index (χ3v) is 3.71. The highest BCUT2D eigenvalue weighted by Gasteiger charge is 2.13. The summed E-state index contributed by atoms with van der Waals surface area (Å²) in [5.74, 6) is -0.286. The van der Waals surface area contributed by atoms with Crippen molar-refractivity contribution in [2.75, 3.05) is 5.32 Å². The van der Waals surface area contributed by atoms with Crippen molar-refractivity contribution in [3.05, 3.63) is 55.2 Å². The molecule has 1 amide bonds. The van der Waals surface area contributed by atoms with Crippen LogP contribution in [-0.4, -0.2) is 10.8 Å². The number of rotatable bonds is 3. The second-order valence-electron chi connectivity index (χ2n) is 3.35. The minimum atomic E-state index is -0.507. The highest BCUT2D eigenvalue weighted by molar-refractivity contribution is 9.10. The van der Waals surface area contributed by atoms with Crippen LogP contribution in [0, 0.1) is 10.1 Å². The fraction of sp³-hybridized carbons (Fsp3) is 0. The lowest BCUT2D eigenvalue weighted by Crippen LogP contribution is -2.10. The molecular weight excluding hydrogens is 320 g/mol. The van der Waals surface area contributed by atoms with E-state index in [0.717, 1.165) is 0 Å². The molecule has 7 heteroatoms. The molecule has 2 rings (SSSR count). The number of hydrogen-bond donors (Lipinski definition) is 1. The van der Waals surface area contributed by atoms with Gasteiger partial charge in [0.15, 0.2) is 0 Å². The van der Waals surface area contributed by atoms with Crippen LogP contribution in [0.5, 0.6) is 0 Å². The van der Waals surface area contributed by atoms with E-state index in [-0.39, 0.29) is 11.6 Å². The van der Waals surface area contributed by atoms with Crippen molar-refractivity contribution in [3.8, 4) is 0 Å². The van der Waals surface area contributed by atoms with Gasteiger partial charge in [0.25, 0.3) is 11.6 Å². The zero-order valence-electron chi connectivity index (χ0n) is 8.92. The van der Waals surface area contributed by atoms with Crippen LogP contribution in [-0.2, 0) is 0 Å². The highest BCUT2D eigenvalue weighted by Crippen LogP contribution is 2.27. The summed E-state index contributed by atoms with van der Waals surface area (Å²) in [6.45, 7) is 0. The summed E-state index contributed by atoms with van der Waals surface area (Å²) in [7, 11) is 0. The standard InChI is InChI=1S/C11H7BrN2O3S/c12-8-4-3-7(14(16)17)6-9(8)13-11(15)10-2-1-5-18-10/h1-6H,(H,13,15). The SMILES string of the molecule is O=C(Nc1cc([N+](=O)[O-])ccc1Br)c1cccs1. The van der Waals surface area contributed by atoms with Gasteiger partial charge in [0, 0.05) is 16.6 Å². The molecule has 0 radical (unpaired) electrons. The van der Waals surface area contributed by atoms with E-state index in [4.69, 9.17) is 0 Å². The van der Waals surface area contributed by atoms with Crippen molar-refractivity contribution >= 4 is 44.5 Å². The summed E-state index contributed by atoms with van der Waals surface area (Å²) in [5.41, 5.74) is 0.308. The maximum Gasteiger partial charge on any atom is 0.271 e. The molecule has 1 aromatic heterocycles. The summed E-state index contributed by atoms with van der Waals surface area (Å²) in [5, 5.41) is 15.1. The molecule has 1 heterocycles. The number of anilines is 1. The van der Waals surface area contributed by atoms with E-state index in [9.17, 15) is 14.9 Å². The minimum absolute atomic E-state index is 0.0697. The van der Waals surface area contributed by atoms with E-state index in [2.05, 4.69) is 21.2 Å². The number of nitrogens with one attached hydrogen (secondary N) is 1. The Kier molecular flexibility index (Phi) is 3.73. The van der Waals surface area contributed by atoms with Crippen molar-refractivity contribution in [1.82, 2.24) is 0 Å². The molecule has 18 heavy (non-hydrogen) atoms. The summed E-state index contributed by atoms with van der Waals surface area (Å²) < 4.78 is 0.595. The summed E-state index contributed by atoms with van der Waals surface area (Å²) in [6.07, 6.45) is 0. The quantitative estimate of drug-likeness (QED) is 0.690.